The molecule has 1 amide bonds. The molecular formula is C9H10ClFN2O. The average molecular weight is 217 g/mol. The quantitative estimate of drug-likeness (QED) is 0.792. The third-order valence-electron chi connectivity index (χ3n) is 1.62. The lowest BCUT2D eigenvalue weighted by atomic mass is 10.2. The monoisotopic (exact) mass is 216 g/mol. The minimum Gasteiger partial charge on any atom is -0.322 e. The Balaban J connectivity index is 2.87. The summed E-state index contributed by atoms with van der Waals surface area (Å²) in [5, 5.41) is 2.29. The van der Waals surface area contributed by atoms with Crippen molar-refractivity contribution in [1.29, 1.82) is 0 Å². The van der Waals surface area contributed by atoms with Crippen molar-refractivity contribution in [2.75, 3.05) is 5.32 Å². The molecule has 5 heteroatoms. The Bertz CT molecular complexity index is 355. The Kier molecular flexibility index (Phi) is 3.43. The fourth-order valence-electron chi connectivity index (χ4n) is 0.847. The number of nitrogens with one attached hydrogen (secondary N) is 1. The molecule has 76 valence electrons. The lowest BCUT2D eigenvalue weighted by Gasteiger charge is -2.08. The number of halogens is 2. The van der Waals surface area contributed by atoms with Gasteiger partial charge in [-0.15, -0.1) is 0 Å². The first-order valence-electron chi connectivity index (χ1n) is 4.03. The number of rotatable bonds is 2. The number of nitrogens with two attached hydrogens (primary N) is 1. The van der Waals surface area contributed by atoms with Crippen LogP contribution in [0.3, 0.4) is 0 Å². The first-order valence-corrected chi connectivity index (χ1v) is 4.40. The maximum atomic E-state index is 13.2. The van der Waals surface area contributed by atoms with Gasteiger partial charge in [-0.1, -0.05) is 17.7 Å². The van der Waals surface area contributed by atoms with Crippen LogP contribution in [-0.4, -0.2) is 11.9 Å². The summed E-state index contributed by atoms with van der Waals surface area (Å²) < 4.78 is 13.2. The second kappa shape index (κ2) is 4.39. The molecule has 0 spiro atoms. The Morgan fingerprint density at radius 3 is 2.86 bits per heavy atom. The van der Waals surface area contributed by atoms with Crippen LogP contribution in [0, 0.1) is 5.82 Å². The normalized spacial score (nSPS) is 12.3. The number of hydrogen-bond acceptors (Lipinski definition) is 2. The van der Waals surface area contributed by atoms with E-state index >= 15 is 0 Å². The van der Waals surface area contributed by atoms with Gasteiger partial charge in [0.25, 0.3) is 0 Å². The molecule has 1 rings (SSSR count). The Hall–Kier alpha value is -1.13. The Morgan fingerprint density at radius 1 is 1.64 bits per heavy atom. The second-order valence-electron chi connectivity index (χ2n) is 2.88. The standard InChI is InChI=1S/C9H10ClFN2O/c1-5(12)9(14)13-7-4-2-3-6(10)8(7)11/h2-5H,12H2,1H3,(H,13,14). The zero-order chi connectivity index (χ0) is 10.7. The van der Waals surface area contributed by atoms with E-state index in [0.29, 0.717) is 0 Å². The first kappa shape index (κ1) is 10.9. The molecule has 0 aliphatic carbocycles. The van der Waals surface area contributed by atoms with Gasteiger partial charge in [-0.05, 0) is 19.1 Å². The summed E-state index contributed by atoms with van der Waals surface area (Å²) in [4.78, 5) is 11.1. The minimum atomic E-state index is -0.687. The highest BCUT2D eigenvalue weighted by Crippen LogP contribution is 2.21. The summed E-state index contributed by atoms with van der Waals surface area (Å²) in [6.45, 7) is 1.51. The van der Waals surface area contributed by atoms with Gasteiger partial charge < -0.3 is 11.1 Å². The van der Waals surface area contributed by atoms with E-state index in [1.807, 2.05) is 0 Å². The van der Waals surface area contributed by atoms with Crippen molar-refractivity contribution in [1.82, 2.24) is 0 Å². The molecule has 3 N–H and O–H groups in total. The molecule has 0 saturated heterocycles. The molecule has 0 fully saturated rings. The molecule has 1 unspecified atom stereocenters. The van der Waals surface area contributed by atoms with Gasteiger partial charge in [-0.3, -0.25) is 4.79 Å². The summed E-state index contributed by atoms with van der Waals surface area (Å²) in [6, 6.07) is 3.68. The zero-order valence-corrected chi connectivity index (χ0v) is 8.31. The number of carbonyl (C=O) groups is 1. The number of carbonyl (C=O) groups excluding carboxylic acids is 1. The molecule has 0 saturated carbocycles. The third-order valence-corrected chi connectivity index (χ3v) is 1.91. The van der Waals surface area contributed by atoms with Crippen LogP contribution in [0.15, 0.2) is 18.2 Å². The van der Waals surface area contributed by atoms with Crippen LogP contribution >= 0.6 is 11.6 Å². The van der Waals surface area contributed by atoms with Crippen molar-refractivity contribution in [3.8, 4) is 0 Å². The maximum Gasteiger partial charge on any atom is 0.241 e. The van der Waals surface area contributed by atoms with Gasteiger partial charge in [0.05, 0.1) is 16.8 Å². The zero-order valence-electron chi connectivity index (χ0n) is 7.55. The predicted molar refractivity (Wildman–Crippen MR) is 53.7 cm³/mol. The van der Waals surface area contributed by atoms with Crippen LogP contribution in [0.25, 0.3) is 0 Å². The van der Waals surface area contributed by atoms with Crippen LogP contribution in [0.1, 0.15) is 6.92 Å². The maximum absolute atomic E-state index is 13.2. The van der Waals surface area contributed by atoms with E-state index in [1.54, 1.807) is 6.07 Å². The van der Waals surface area contributed by atoms with E-state index in [2.05, 4.69) is 5.32 Å². The molecule has 1 aromatic rings. The number of hydrogen-bond donors (Lipinski definition) is 2. The van der Waals surface area contributed by atoms with Crippen LogP contribution in [-0.2, 0) is 4.79 Å². The van der Waals surface area contributed by atoms with Crippen LogP contribution in [0.2, 0.25) is 5.02 Å². The first-order chi connectivity index (χ1) is 6.52. The van der Waals surface area contributed by atoms with E-state index in [1.165, 1.54) is 19.1 Å². The summed E-state index contributed by atoms with van der Waals surface area (Å²) in [6.07, 6.45) is 0. The number of benzene rings is 1. The van der Waals surface area contributed by atoms with Gasteiger partial charge in [0.2, 0.25) is 5.91 Å². The predicted octanol–water partition coefficient (Wildman–Crippen LogP) is 1.76. The highest BCUT2D eigenvalue weighted by atomic mass is 35.5. The van der Waals surface area contributed by atoms with Crippen molar-refractivity contribution in [3.05, 3.63) is 29.0 Å². The van der Waals surface area contributed by atoms with Crippen molar-refractivity contribution in [3.63, 3.8) is 0 Å². The van der Waals surface area contributed by atoms with Crippen molar-refractivity contribution >= 4 is 23.2 Å². The number of anilines is 1. The average Bonchev–Trinajstić information content (AvgIpc) is 2.12. The molecule has 0 aliphatic rings. The van der Waals surface area contributed by atoms with Gasteiger partial charge in [-0.2, -0.15) is 0 Å². The molecule has 1 aromatic carbocycles. The highest BCUT2D eigenvalue weighted by molar-refractivity contribution is 6.31. The van der Waals surface area contributed by atoms with Crippen molar-refractivity contribution in [2.24, 2.45) is 5.73 Å². The van der Waals surface area contributed by atoms with Gasteiger partial charge in [0.15, 0.2) is 5.82 Å². The lowest BCUT2D eigenvalue weighted by molar-refractivity contribution is -0.117. The van der Waals surface area contributed by atoms with E-state index < -0.39 is 17.8 Å². The number of amides is 1. The molecule has 1 atom stereocenters. The molecule has 0 aliphatic heterocycles. The molecular weight excluding hydrogens is 207 g/mol. The largest absolute Gasteiger partial charge is 0.322 e. The van der Waals surface area contributed by atoms with Crippen LogP contribution in [0.5, 0.6) is 0 Å². The summed E-state index contributed by atoms with van der Waals surface area (Å²) >= 11 is 5.52. The molecule has 0 radical (unpaired) electrons. The van der Waals surface area contributed by atoms with E-state index in [4.69, 9.17) is 17.3 Å². The fraction of sp³-hybridized carbons (Fsp3) is 0.222. The molecule has 3 nitrogen and oxygen atoms in total. The van der Waals surface area contributed by atoms with Gasteiger partial charge in [0.1, 0.15) is 0 Å². The van der Waals surface area contributed by atoms with Gasteiger partial charge in [0, 0.05) is 0 Å². The summed E-state index contributed by atoms with van der Waals surface area (Å²) in [7, 11) is 0. The molecule has 0 bridgehead atoms. The van der Waals surface area contributed by atoms with Crippen LogP contribution < -0.4 is 11.1 Å². The Morgan fingerprint density at radius 2 is 2.29 bits per heavy atom. The topological polar surface area (TPSA) is 55.1 Å². The lowest BCUT2D eigenvalue weighted by Crippen LogP contribution is -2.32. The summed E-state index contributed by atoms with van der Waals surface area (Å²) in [5.74, 6) is -1.10. The van der Waals surface area contributed by atoms with Gasteiger partial charge in [-0.25, -0.2) is 4.39 Å². The van der Waals surface area contributed by atoms with Crippen molar-refractivity contribution < 1.29 is 9.18 Å². The van der Waals surface area contributed by atoms with Crippen LogP contribution in [0.4, 0.5) is 10.1 Å². The Labute approximate surface area is 86.0 Å². The van der Waals surface area contributed by atoms with E-state index in [-0.39, 0.29) is 10.7 Å². The SMILES string of the molecule is CC(N)C(=O)Nc1cccc(Cl)c1F. The van der Waals surface area contributed by atoms with E-state index in [0.717, 1.165) is 0 Å². The minimum absolute atomic E-state index is 0.0347. The molecule has 0 aromatic heterocycles. The highest BCUT2D eigenvalue weighted by Gasteiger charge is 2.11. The smallest absolute Gasteiger partial charge is 0.241 e. The van der Waals surface area contributed by atoms with Gasteiger partial charge >= 0.3 is 0 Å². The molecule has 14 heavy (non-hydrogen) atoms. The second-order valence-corrected chi connectivity index (χ2v) is 3.29. The summed E-state index contributed by atoms with van der Waals surface area (Å²) in [5.41, 5.74) is 5.35. The van der Waals surface area contributed by atoms with E-state index in [9.17, 15) is 9.18 Å². The third kappa shape index (κ3) is 2.43. The fourth-order valence-corrected chi connectivity index (χ4v) is 1.02. The molecule has 0 heterocycles. The van der Waals surface area contributed by atoms with Crippen molar-refractivity contribution in [2.45, 2.75) is 13.0 Å².